The van der Waals surface area contributed by atoms with Crippen molar-refractivity contribution in [1.82, 2.24) is 4.98 Å². The Morgan fingerprint density at radius 2 is 1.95 bits per heavy atom. The first-order chi connectivity index (χ1) is 10.2. The van der Waals surface area contributed by atoms with Crippen LogP contribution in [-0.4, -0.2) is 11.1 Å². The van der Waals surface area contributed by atoms with Crippen molar-refractivity contribution < 1.29 is 27.1 Å². The molecule has 1 aromatic carbocycles. The van der Waals surface area contributed by atoms with Gasteiger partial charge in [0.25, 0.3) is 0 Å². The summed E-state index contributed by atoms with van der Waals surface area (Å²) in [6, 6.07) is 3.50. The Balaban J connectivity index is 2.60. The second-order valence-corrected chi connectivity index (χ2v) is 4.44. The highest BCUT2D eigenvalue weighted by atomic mass is 35.5. The summed E-state index contributed by atoms with van der Waals surface area (Å²) in [6.07, 6.45) is -5.05. The van der Waals surface area contributed by atoms with E-state index >= 15 is 0 Å². The topological polar surface area (TPSA) is 65.2 Å². The molecule has 0 unspecified atom stereocenters. The number of hydrogen-bond donors (Lipinski definition) is 1. The third-order valence-corrected chi connectivity index (χ3v) is 2.93. The van der Waals surface area contributed by atoms with Crippen LogP contribution in [0.25, 0.3) is 11.1 Å². The van der Waals surface area contributed by atoms with E-state index in [4.69, 9.17) is 17.3 Å². The number of rotatable bonds is 2. The molecule has 116 valence electrons. The number of carbonyl (C=O) groups is 1. The molecule has 2 rings (SSSR count). The molecule has 1 aromatic heterocycles. The normalized spacial score (nSPS) is 11.3. The molecular weight excluding hydrogens is 328 g/mol. The summed E-state index contributed by atoms with van der Waals surface area (Å²) in [5.74, 6) is -1.32. The van der Waals surface area contributed by atoms with E-state index in [1.54, 1.807) is 0 Å². The average molecular weight is 335 g/mol. The predicted molar refractivity (Wildman–Crippen MR) is 69.9 cm³/mol. The number of aromatic nitrogens is 1. The molecule has 1 heterocycles. The minimum atomic E-state index is -4.74. The van der Waals surface area contributed by atoms with Gasteiger partial charge in [0.1, 0.15) is 16.7 Å². The summed E-state index contributed by atoms with van der Waals surface area (Å²) in [6.45, 7) is 0. The van der Waals surface area contributed by atoms with Gasteiger partial charge in [0.2, 0.25) is 0 Å². The number of alkyl halides is 3. The highest BCUT2D eigenvalue weighted by Gasteiger charge is 2.35. The van der Waals surface area contributed by atoms with Crippen LogP contribution < -0.4 is 10.5 Å². The van der Waals surface area contributed by atoms with Crippen LogP contribution >= 0.6 is 11.6 Å². The zero-order chi connectivity index (χ0) is 16.5. The molecule has 0 bridgehead atoms. The van der Waals surface area contributed by atoms with E-state index in [1.807, 2.05) is 0 Å². The molecule has 0 aliphatic carbocycles. The van der Waals surface area contributed by atoms with Gasteiger partial charge in [-0.2, -0.15) is 13.2 Å². The smallest absolute Gasteiger partial charge is 0.410 e. The van der Waals surface area contributed by atoms with Gasteiger partial charge < -0.3 is 10.5 Å². The maximum atomic E-state index is 14.0. The third kappa shape index (κ3) is 3.28. The standard InChI is InChI=1S/C13H7ClF4N2O2/c14-11-10(8(3-4-20-11)13(16,17)18)7-2-1-6(5-9(7)15)22-12(19)21/h1-5H,(H2,19,21). The van der Waals surface area contributed by atoms with Gasteiger partial charge in [-0.15, -0.1) is 0 Å². The summed E-state index contributed by atoms with van der Waals surface area (Å²) >= 11 is 5.68. The summed E-state index contributed by atoms with van der Waals surface area (Å²) in [5, 5.41) is -0.503. The maximum absolute atomic E-state index is 14.0. The largest absolute Gasteiger partial charge is 0.417 e. The lowest BCUT2D eigenvalue weighted by atomic mass is 10.0. The Kier molecular flexibility index (Phi) is 4.23. The predicted octanol–water partition coefficient (Wildman–Crippen LogP) is 4.02. The number of nitrogens with zero attached hydrogens (tertiary/aromatic N) is 1. The molecule has 0 saturated heterocycles. The fourth-order valence-electron chi connectivity index (χ4n) is 1.81. The van der Waals surface area contributed by atoms with Crippen molar-refractivity contribution in [2.75, 3.05) is 0 Å². The lowest BCUT2D eigenvalue weighted by Gasteiger charge is -2.14. The third-order valence-electron chi connectivity index (χ3n) is 2.64. The maximum Gasteiger partial charge on any atom is 0.417 e. The number of pyridine rings is 1. The zero-order valence-corrected chi connectivity index (χ0v) is 11.4. The number of halogens is 5. The van der Waals surface area contributed by atoms with Gasteiger partial charge in [-0.25, -0.2) is 14.2 Å². The monoisotopic (exact) mass is 334 g/mol. The number of hydrogen-bond acceptors (Lipinski definition) is 3. The minimum Gasteiger partial charge on any atom is -0.410 e. The minimum absolute atomic E-state index is 0.248. The van der Waals surface area contributed by atoms with E-state index in [0.29, 0.717) is 6.07 Å². The van der Waals surface area contributed by atoms with Crippen molar-refractivity contribution in [3.63, 3.8) is 0 Å². The molecule has 1 amide bonds. The molecule has 0 aliphatic rings. The van der Waals surface area contributed by atoms with Gasteiger partial charge in [0, 0.05) is 23.4 Å². The van der Waals surface area contributed by atoms with Crippen LogP contribution in [0.3, 0.4) is 0 Å². The van der Waals surface area contributed by atoms with E-state index in [1.165, 1.54) is 0 Å². The average Bonchev–Trinajstić information content (AvgIpc) is 2.37. The molecule has 9 heteroatoms. The van der Waals surface area contributed by atoms with E-state index in [0.717, 1.165) is 24.4 Å². The van der Waals surface area contributed by atoms with Gasteiger partial charge in [-0.05, 0) is 18.2 Å². The molecule has 2 aromatic rings. The molecule has 0 atom stereocenters. The highest BCUT2D eigenvalue weighted by molar-refractivity contribution is 6.32. The van der Waals surface area contributed by atoms with E-state index in [2.05, 4.69) is 9.72 Å². The number of primary amides is 1. The molecule has 0 spiro atoms. The number of ether oxygens (including phenoxy) is 1. The van der Waals surface area contributed by atoms with Crippen molar-refractivity contribution in [2.45, 2.75) is 6.18 Å². The molecular formula is C13H7ClF4N2O2. The van der Waals surface area contributed by atoms with Crippen LogP contribution in [-0.2, 0) is 6.18 Å². The quantitative estimate of drug-likeness (QED) is 0.666. The lowest BCUT2D eigenvalue weighted by molar-refractivity contribution is -0.137. The molecule has 2 N–H and O–H groups in total. The van der Waals surface area contributed by atoms with Crippen LogP contribution in [0.5, 0.6) is 5.75 Å². The van der Waals surface area contributed by atoms with Crippen LogP contribution in [0, 0.1) is 5.82 Å². The number of benzene rings is 1. The van der Waals surface area contributed by atoms with Crippen molar-refractivity contribution in [2.24, 2.45) is 5.73 Å². The summed E-state index contributed by atoms with van der Waals surface area (Å²) in [5.41, 5.74) is 2.61. The van der Waals surface area contributed by atoms with E-state index in [-0.39, 0.29) is 5.75 Å². The van der Waals surface area contributed by atoms with Crippen LogP contribution in [0.2, 0.25) is 5.15 Å². The van der Waals surface area contributed by atoms with Gasteiger partial charge in [-0.3, -0.25) is 0 Å². The Bertz CT molecular complexity index is 734. The number of amides is 1. The summed E-state index contributed by atoms with van der Waals surface area (Å²) in [7, 11) is 0. The molecule has 4 nitrogen and oxygen atoms in total. The van der Waals surface area contributed by atoms with Crippen LogP contribution in [0.1, 0.15) is 5.56 Å². The SMILES string of the molecule is NC(=O)Oc1ccc(-c2c(C(F)(F)F)ccnc2Cl)c(F)c1. The first-order valence-corrected chi connectivity index (χ1v) is 6.07. The Hall–Kier alpha value is -2.35. The van der Waals surface area contributed by atoms with Crippen molar-refractivity contribution in [3.05, 3.63) is 47.0 Å². The highest BCUT2D eigenvalue weighted by Crippen LogP contribution is 2.41. The van der Waals surface area contributed by atoms with Gasteiger partial charge in [0.15, 0.2) is 0 Å². The van der Waals surface area contributed by atoms with Crippen molar-refractivity contribution in [1.29, 1.82) is 0 Å². The molecule has 0 saturated carbocycles. The van der Waals surface area contributed by atoms with E-state index in [9.17, 15) is 22.4 Å². The number of nitrogens with two attached hydrogens (primary N) is 1. The molecule has 22 heavy (non-hydrogen) atoms. The lowest BCUT2D eigenvalue weighted by Crippen LogP contribution is -2.16. The number of carbonyl (C=O) groups excluding carboxylic acids is 1. The van der Waals surface area contributed by atoms with E-state index < -0.39 is 39.9 Å². The second-order valence-electron chi connectivity index (χ2n) is 4.08. The van der Waals surface area contributed by atoms with Gasteiger partial charge >= 0.3 is 12.3 Å². The second kappa shape index (κ2) is 5.80. The molecule has 0 radical (unpaired) electrons. The van der Waals surface area contributed by atoms with Crippen LogP contribution in [0.4, 0.5) is 22.4 Å². The first kappa shape index (κ1) is 16.0. The van der Waals surface area contributed by atoms with Gasteiger partial charge in [0.05, 0.1) is 5.56 Å². The first-order valence-electron chi connectivity index (χ1n) is 5.69. The Morgan fingerprint density at radius 3 is 2.50 bits per heavy atom. The Morgan fingerprint density at radius 1 is 1.27 bits per heavy atom. The fraction of sp³-hybridized carbons (Fsp3) is 0.0769. The fourth-order valence-corrected chi connectivity index (χ4v) is 2.07. The summed E-state index contributed by atoms with van der Waals surface area (Å²) < 4.78 is 57.5. The Labute approximate surface area is 126 Å². The van der Waals surface area contributed by atoms with Crippen molar-refractivity contribution >= 4 is 17.7 Å². The molecule has 0 aliphatic heterocycles. The van der Waals surface area contributed by atoms with Crippen LogP contribution in [0.15, 0.2) is 30.5 Å². The molecule has 0 fully saturated rings. The van der Waals surface area contributed by atoms with Crippen molar-refractivity contribution in [3.8, 4) is 16.9 Å². The van der Waals surface area contributed by atoms with Gasteiger partial charge in [-0.1, -0.05) is 11.6 Å². The summed E-state index contributed by atoms with van der Waals surface area (Å²) in [4.78, 5) is 14.1. The zero-order valence-electron chi connectivity index (χ0n) is 10.6.